The van der Waals surface area contributed by atoms with Gasteiger partial charge in [-0.05, 0) is 24.2 Å². The highest BCUT2D eigenvalue weighted by atomic mass is 16.5. The Bertz CT molecular complexity index is 497. The summed E-state index contributed by atoms with van der Waals surface area (Å²) in [5, 5.41) is 14.2. The molecule has 0 aliphatic carbocycles. The lowest BCUT2D eigenvalue weighted by molar-refractivity contribution is -0.123. The van der Waals surface area contributed by atoms with Crippen LogP contribution in [-0.2, 0) is 11.3 Å². The Labute approximate surface area is 125 Å². The lowest BCUT2D eigenvalue weighted by atomic mass is 10.2. The SMILES string of the molecule is CCNCc1ccc(OC)c(OCC(=O)NCCC#N)c1. The number of nitriles is 1. The van der Waals surface area contributed by atoms with Gasteiger partial charge in [-0.2, -0.15) is 5.26 Å². The van der Waals surface area contributed by atoms with E-state index in [9.17, 15) is 4.79 Å². The number of carbonyl (C=O) groups excluding carboxylic acids is 1. The smallest absolute Gasteiger partial charge is 0.257 e. The number of hydrogen-bond donors (Lipinski definition) is 2. The highest BCUT2D eigenvalue weighted by Gasteiger charge is 2.08. The summed E-state index contributed by atoms with van der Waals surface area (Å²) < 4.78 is 10.7. The van der Waals surface area contributed by atoms with Gasteiger partial charge in [0.1, 0.15) is 0 Å². The molecule has 0 saturated heterocycles. The van der Waals surface area contributed by atoms with Crippen molar-refractivity contribution in [1.82, 2.24) is 10.6 Å². The minimum Gasteiger partial charge on any atom is -0.493 e. The van der Waals surface area contributed by atoms with E-state index in [-0.39, 0.29) is 18.9 Å². The van der Waals surface area contributed by atoms with Crippen LogP contribution in [0.2, 0.25) is 0 Å². The van der Waals surface area contributed by atoms with Crippen LogP contribution in [0.3, 0.4) is 0 Å². The molecule has 6 nitrogen and oxygen atoms in total. The highest BCUT2D eigenvalue weighted by molar-refractivity contribution is 5.77. The van der Waals surface area contributed by atoms with Crippen molar-refractivity contribution in [3.8, 4) is 17.6 Å². The molecule has 0 heterocycles. The van der Waals surface area contributed by atoms with Crippen molar-refractivity contribution in [1.29, 1.82) is 5.26 Å². The van der Waals surface area contributed by atoms with Crippen LogP contribution < -0.4 is 20.1 Å². The molecule has 1 amide bonds. The maximum Gasteiger partial charge on any atom is 0.257 e. The zero-order valence-corrected chi connectivity index (χ0v) is 12.4. The van der Waals surface area contributed by atoms with Gasteiger partial charge in [0, 0.05) is 13.1 Å². The minimum atomic E-state index is -0.260. The van der Waals surface area contributed by atoms with Crippen LogP contribution in [0, 0.1) is 11.3 Å². The van der Waals surface area contributed by atoms with E-state index < -0.39 is 0 Å². The number of hydrogen-bond acceptors (Lipinski definition) is 5. The molecule has 0 aliphatic rings. The summed E-state index contributed by atoms with van der Waals surface area (Å²) in [6.45, 7) is 3.87. The standard InChI is InChI=1S/C15H21N3O3/c1-3-17-10-12-5-6-13(20-2)14(9-12)21-11-15(19)18-8-4-7-16/h5-6,9,17H,3-4,8,10-11H2,1-2H3,(H,18,19). The molecule has 2 N–H and O–H groups in total. The average Bonchev–Trinajstić information content (AvgIpc) is 2.51. The normalized spacial score (nSPS) is 9.76. The van der Waals surface area contributed by atoms with E-state index in [1.165, 1.54) is 0 Å². The number of nitrogens with zero attached hydrogens (tertiary/aromatic N) is 1. The van der Waals surface area contributed by atoms with Crippen LogP contribution in [0.15, 0.2) is 18.2 Å². The molecule has 21 heavy (non-hydrogen) atoms. The molecule has 0 fully saturated rings. The molecule has 0 unspecified atom stereocenters. The molecular weight excluding hydrogens is 270 g/mol. The van der Waals surface area contributed by atoms with Gasteiger partial charge in [0.05, 0.1) is 19.6 Å². The second-order valence-corrected chi connectivity index (χ2v) is 4.31. The first-order valence-corrected chi connectivity index (χ1v) is 6.85. The molecule has 0 atom stereocenters. The first-order chi connectivity index (χ1) is 10.2. The number of carbonyl (C=O) groups is 1. The Balaban J connectivity index is 2.59. The van der Waals surface area contributed by atoms with Crippen LogP contribution in [0.4, 0.5) is 0 Å². The van der Waals surface area contributed by atoms with Crippen molar-refractivity contribution >= 4 is 5.91 Å². The van der Waals surface area contributed by atoms with Gasteiger partial charge in [-0.1, -0.05) is 13.0 Å². The number of benzene rings is 1. The Morgan fingerprint density at radius 3 is 2.86 bits per heavy atom. The summed E-state index contributed by atoms with van der Waals surface area (Å²) in [5.41, 5.74) is 1.05. The number of rotatable bonds is 9. The summed E-state index contributed by atoms with van der Waals surface area (Å²) in [5.74, 6) is 0.854. The Hall–Kier alpha value is -2.26. The van der Waals surface area contributed by atoms with Crippen LogP contribution in [0.5, 0.6) is 11.5 Å². The molecule has 0 saturated carbocycles. The summed E-state index contributed by atoms with van der Waals surface area (Å²) in [6.07, 6.45) is 0.285. The van der Waals surface area contributed by atoms with Gasteiger partial charge >= 0.3 is 0 Å². The predicted molar refractivity (Wildman–Crippen MR) is 79.1 cm³/mol. The first-order valence-electron chi connectivity index (χ1n) is 6.85. The van der Waals surface area contributed by atoms with Gasteiger partial charge in [-0.3, -0.25) is 4.79 Å². The number of nitrogens with one attached hydrogen (secondary N) is 2. The molecule has 114 valence electrons. The van der Waals surface area contributed by atoms with Gasteiger partial charge in [0.15, 0.2) is 18.1 Å². The van der Waals surface area contributed by atoms with Crippen molar-refractivity contribution in [2.24, 2.45) is 0 Å². The Morgan fingerprint density at radius 1 is 1.38 bits per heavy atom. The lowest BCUT2D eigenvalue weighted by Gasteiger charge is -2.12. The largest absolute Gasteiger partial charge is 0.493 e. The number of methoxy groups -OCH3 is 1. The van der Waals surface area contributed by atoms with Crippen molar-refractivity contribution < 1.29 is 14.3 Å². The van der Waals surface area contributed by atoms with Crippen LogP contribution >= 0.6 is 0 Å². The molecule has 1 aromatic carbocycles. The fourth-order valence-electron chi connectivity index (χ4n) is 1.67. The van der Waals surface area contributed by atoms with Crippen LogP contribution in [-0.4, -0.2) is 32.7 Å². The van der Waals surface area contributed by atoms with Crippen LogP contribution in [0.1, 0.15) is 18.9 Å². The maximum absolute atomic E-state index is 11.5. The van der Waals surface area contributed by atoms with Gasteiger partial charge in [0.2, 0.25) is 0 Å². The number of amides is 1. The van der Waals surface area contributed by atoms with Crippen molar-refractivity contribution in [2.75, 3.05) is 26.8 Å². The summed E-state index contributed by atoms with van der Waals surface area (Å²) in [4.78, 5) is 11.5. The third-order valence-corrected chi connectivity index (χ3v) is 2.72. The van der Waals surface area contributed by atoms with Gasteiger partial charge in [0.25, 0.3) is 5.91 Å². The van der Waals surface area contributed by atoms with Crippen molar-refractivity contribution in [3.05, 3.63) is 23.8 Å². The molecule has 0 bridgehead atoms. The third-order valence-electron chi connectivity index (χ3n) is 2.72. The van der Waals surface area contributed by atoms with E-state index in [1.54, 1.807) is 7.11 Å². The molecular formula is C15H21N3O3. The van der Waals surface area contributed by atoms with E-state index in [0.717, 1.165) is 18.7 Å². The summed E-state index contributed by atoms with van der Waals surface area (Å²) in [6, 6.07) is 7.57. The summed E-state index contributed by atoms with van der Waals surface area (Å²) in [7, 11) is 1.55. The molecule has 0 aromatic heterocycles. The van der Waals surface area contributed by atoms with Gasteiger partial charge < -0.3 is 20.1 Å². The summed E-state index contributed by atoms with van der Waals surface area (Å²) >= 11 is 0. The van der Waals surface area contributed by atoms with E-state index in [4.69, 9.17) is 14.7 Å². The fraction of sp³-hybridized carbons (Fsp3) is 0.467. The molecule has 0 aliphatic heterocycles. The average molecular weight is 291 g/mol. The first kappa shape index (κ1) is 16.8. The lowest BCUT2D eigenvalue weighted by Crippen LogP contribution is -2.29. The van der Waals surface area contributed by atoms with Crippen molar-refractivity contribution in [3.63, 3.8) is 0 Å². The highest BCUT2D eigenvalue weighted by Crippen LogP contribution is 2.27. The third kappa shape index (κ3) is 6.15. The Morgan fingerprint density at radius 2 is 2.19 bits per heavy atom. The molecule has 1 aromatic rings. The monoisotopic (exact) mass is 291 g/mol. The second kappa shape index (κ2) is 9.61. The van der Waals surface area contributed by atoms with Crippen LogP contribution in [0.25, 0.3) is 0 Å². The second-order valence-electron chi connectivity index (χ2n) is 4.31. The zero-order valence-electron chi connectivity index (χ0n) is 12.4. The fourth-order valence-corrected chi connectivity index (χ4v) is 1.67. The topological polar surface area (TPSA) is 83.4 Å². The maximum atomic E-state index is 11.5. The van der Waals surface area contributed by atoms with E-state index in [2.05, 4.69) is 10.6 Å². The van der Waals surface area contributed by atoms with Gasteiger partial charge in [-0.25, -0.2) is 0 Å². The van der Waals surface area contributed by atoms with E-state index >= 15 is 0 Å². The van der Waals surface area contributed by atoms with Crippen molar-refractivity contribution in [2.45, 2.75) is 19.9 Å². The Kier molecular flexibility index (Phi) is 7.69. The molecule has 0 radical (unpaired) electrons. The minimum absolute atomic E-state index is 0.105. The van der Waals surface area contributed by atoms with E-state index in [0.29, 0.717) is 18.0 Å². The van der Waals surface area contributed by atoms with E-state index in [1.807, 2.05) is 31.2 Å². The zero-order chi connectivity index (χ0) is 15.5. The predicted octanol–water partition coefficient (Wildman–Crippen LogP) is 1.21. The molecule has 0 spiro atoms. The number of ether oxygens (including phenoxy) is 2. The quantitative estimate of drug-likeness (QED) is 0.668. The van der Waals surface area contributed by atoms with Gasteiger partial charge in [-0.15, -0.1) is 0 Å². The molecule has 6 heteroatoms. The molecule has 1 rings (SSSR count).